The monoisotopic (exact) mass is 201 g/mol. The third-order valence-corrected chi connectivity index (χ3v) is 2.90. The molecule has 0 bridgehead atoms. The highest BCUT2D eigenvalue weighted by Gasteiger charge is 2.17. The lowest BCUT2D eigenvalue weighted by molar-refractivity contribution is 0.259. The average molecular weight is 201 g/mol. The van der Waals surface area contributed by atoms with Gasteiger partial charge in [0.25, 0.3) is 0 Å². The molecule has 1 unspecified atom stereocenters. The smallest absolute Gasteiger partial charge is 0.166 e. The first kappa shape index (κ1) is 10.7. The molecule has 76 valence electrons. The Morgan fingerprint density at radius 1 is 1.46 bits per heavy atom. The van der Waals surface area contributed by atoms with E-state index >= 15 is 0 Å². The van der Waals surface area contributed by atoms with Crippen LogP contribution in [0.1, 0.15) is 19.8 Å². The van der Waals surface area contributed by atoms with Crippen molar-refractivity contribution in [2.45, 2.75) is 25.8 Å². The average Bonchev–Trinajstić information content (AvgIpc) is 2.66. The van der Waals surface area contributed by atoms with Crippen LogP contribution in [0.3, 0.4) is 0 Å². The molecule has 1 aliphatic heterocycles. The zero-order valence-electron chi connectivity index (χ0n) is 8.47. The number of nitrogens with zero attached hydrogens (tertiary/aromatic N) is 1. The van der Waals surface area contributed by atoms with E-state index in [0.717, 1.165) is 11.7 Å². The van der Waals surface area contributed by atoms with Gasteiger partial charge < -0.3 is 10.6 Å². The molecule has 1 aliphatic rings. The quantitative estimate of drug-likeness (QED) is 0.653. The fourth-order valence-electron chi connectivity index (χ4n) is 1.64. The molecule has 0 aliphatic carbocycles. The first-order valence-electron chi connectivity index (χ1n) is 4.93. The molecule has 0 saturated carbocycles. The second-order valence-corrected chi connectivity index (χ2v) is 3.96. The van der Waals surface area contributed by atoms with Crippen LogP contribution < -0.4 is 10.6 Å². The van der Waals surface area contributed by atoms with Crippen LogP contribution in [0.25, 0.3) is 0 Å². The Labute approximate surface area is 85.9 Å². The summed E-state index contributed by atoms with van der Waals surface area (Å²) < 4.78 is 0. The van der Waals surface area contributed by atoms with E-state index in [2.05, 4.69) is 22.5 Å². The van der Waals surface area contributed by atoms with E-state index in [0.29, 0.717) is 6.04 Å². The van der Waals surface area contributed by atoms with Crippen molar-refractivity contribution in [3.63, 3.8) is 0 Å². The van der Waals surface area contributed by atoms with Crippen LogP contribution in [0.2, 0.25) is 0 Å². The van der Waals surface area contributed by atoms with Crippen LogP contribution in [0.5, 0.6) is 0 Å². The number of nitrogens with one attached hydrogen (secondary N) is 2. The number of hydrogen-bond acceptors (Lipinski definition) is 2. The Balaban J connectivity index is 2.16. The van der Waals surface area contributed by atoms with Crippen LogP contribution in [0, 0.1) is 0 Å². The minimum Gasteiger partial charge on any atom is -0.366 e. The first-order valence-corrected chi connectivity index (χ1v) is 5.34. The third-order valence-electron chi connectivity index (χ3n) is 2.55. The van der Waals surface area contributed by atoms with E-state index in [1.807, 2.05) is 7.05 Å². The fraction of sp³-hybridized carbons (Fsp3) is 0.889. The van der Waals surface area contributed by atoms with E-state index in [-0.39, 0.29) is 0 Å². The van der Waals surface area contributed by atoms with Gasteiger partial charge in [0.15, 0.2) is 5.11 Å². The van der Waals surface area contributed by atoms with Gasteiger partial charge in [-0.15, -0.1) is 0 Å². The zero-order chi connectivity index (χ0) is 9.68. The van der Waals surface area contributed by atoms with Crippen LogP contribution in [0.4, 0.5) is 0 Å². The summed E-state index contributed by atoms with van der Waals surface area (Å²) in [6, 6.07) is 0.591. The van der Waals surface area contributed by atoms with E-state index in [4.69, 9.17) is 12.2 Å². The normalized spacial score (nSPS) is 19.8. The lowest BCUT2D eigenvalue weighted by Crippen LogP contribution is -2.43. The zero-order valence-corrected chi connectivity index (χ0v) is 9.28. The number of thiocarbonyl (C=S) groups is 1. The second-order valence-electron chi connectivity index (χ2n) is 3.55. The number of rotatable bonds is 3. The van der Waals surface area contributed by atoms with Crippen molar-refractivity contribution in [3.8, 4) is 0 Å². The predicted molar refractivity (Wildman–Crippen MR) is 59.9 cm³/mol. The Morgan fingerprint density at radius 3 is 2.62 bits per heavy atom. The first-order chi connectivity index (χ1) is 6.24. The van der Waals surface area contributed by atoms with E-state index in [1.54, 1.807) is 0 Å². The molecule has 0 aromatic rings. The Kier molecular flexibility index (Phi) is 4.45. The predicted octanol–water partition coefficient (Wildman–Crippen LogP) is 0.565. The summed E-state index contributed by atoms with van der Waals surface area (Å²) in [7, 11) is 1.84. The summed E-state index contributed by atoms with van der Waals surface area (Å²) in [4.78, 5) is 2.51. The Morgan fingerprint density at radius 2 is 2.08 bits per heavy atom. The van der Waals surface area contributed by atoms with Crippen LogP contribution in [0.15, 0.2) is 0 Å². The molecule has 0 amide bonds. The third kappa shape index (κ3) is 3.48. The Hall–Kier alpha value is -0.350. The summed E-state index contributed by atoms with van der Waals surface area (Å²) in [5.41, 5.74) is 0. The summed E-state index contributed by atoms with van der Waals surface area (Å²) in [6.07, 6.45) is 2.70. The molecule has 0 radical (unpaired) electrons. The van der Waals surface area contributed by atoms with Gasteiger partial charge in [0.2, 0.25) is 0 Å². The molecule has 0 aromatic carbocycles. The molecular weight excluding hydrogens is 182 g/mol. The maximum Gasteiger partial charge on any atom is 0.166 e. The van der Waals surface area contributed by atoms with E-state index in [1.165, 1.54) is 25.9 Å². The van der Waals surface area contributed by atoms with E-state index in [9.17, 15) is 0 Å². The van der Waals surface area contributed by atoms with Crippen molar-refractivity contribution >= 4 is 17.3 Å². The molecule has 0 spiro atoms. The molecule has 0 aromatic heterocycles. The lowest BCUT2D eigenvalue weighted by atomic mass is 10.3. The summed E-state index contributed by atoms with van der Waals surface area (Å²) in [5, 5.41) is 6.84. The van der Waals surface area contributed by atoms with Gasteiger partial charge in [0.1, 0.15) is 0 Å². The fourth-order valence-corrected chi connectivity index (χ4v) is 1.72. The largest absolute Gasteiger partial charge is 0.366 e. The SMILES string of the molecule is CNC(=S)NCC(C)N1CCCC1. The summed E-state index contributed by atoms with van der Waals surface area (Å²) in [6.45, 7) is 5.68. The number of hydrogen-bond donors (Lipinski definition) is 2. The lowest BCUT2D eigenvalue weighted by Gasteiger charge is -2.24. The standard InChI is InChI=1S/C9H19N3S/c1-8(7-11-9(13)10-2)12-5-3-4-6-12/h8H,3-7H2,1-2H3,(H2,10,11,13). The van der Waals surface area contributed by atoms with Crippen molar-refractivity contribution in [1.29, 1.82) is 0 Å². The van der Waals surface area contributed by atoms with Crippen molar-refractivity contribution in [2.24, 2.45) is 0 Å². The van der Waals surface area contributed by atoms with E-state index < -0.39 is 0 Å². The van der Waals surface area contributed by atoms with Crippen LogP contribution in [-0.2, 0) is 0 Å². The van der Waals surface area contributed by atoms with Gasteiger partial charge in [0, 0.05) is 19.6 Å². The molecule has 4 heteroatoms. The van der Waals surface area contributed by atoms with Crippen LogP contribution in [-0.4, -0.2) is 42.7 Å². The van der Waals surface area contributed by atoms with Gasteiger partial charge in [0.05, 0.1) is 0 Å². The Bertz CT molecular complexity index is 166. The molecule has 2 N–H and O–H groups in total. The van der Waals surface area contributed by atoms with Gasteiger partial charge in [-0.05, 0) is 45.1 Å². The maximum absolute atomic E-state index is 5.01. The van der Waals surface area contributed by atoms with Gasteiger partial charge in [-0.25, -0.2) is 0 Å². The molecule has 3 nitrogen and oxygen atoms in total. The number of likely N-dealkylation sites (tertiary alicyclic amines) is 1. The molecular formula is C9H19N3S. The highest BCUT2D eigenvalue weighted by atomic mass is 32.1. The van der Waals surface area contributed by atoms with Gasteiger partial charge in [-0.3, -0.25) is 4.90 Å². The van der Waals surface area contributed by atoms with Crippen molar-refractivity contribution in [1.82, 2.24) is 15.5 Å². The molecule has 13 heavy (non-hydrogen) atoms. The highest BCUT2D eigenvalue weighted by molar-refractivity contribution is 7.80. The van der Waals surface area contributed by atoms with Crippen molar-refractivity contribution in [3.05, 3.63) is 0 Å². The molecule has 1 atom stereocenters. The highest BCUT2D eigenvalue weighted by Crippen LogP contribution is 2.10. The van der Waals surface area contributed by atoms with Gasteiger partial charge >= 0.3 is 0 Å². The second kappa shape index (κ2) is 5.40. The summed E-state index contributed by atoms with van der Waals surface area (Å²) >= 11 is 5.01. The molecule has 1 heterocycles. The molecule has 1 fully saturated rings. The minimum absolute atomic E-state index is 0.591. The van der Waals surface area contributed by atoms with Gasteiger partial charge in [-0.2, -0.15) is 0 Å². The van der Waals surface area contributed by atoms with Crippen molar-refractivity contribution in [2.75, 3.05) is 26.7 Å². The van der Waals surface area contributed by atoms with Gasteiger partial charge in [-0.1, -0.05) is 0 Å². The topological polar surface area (TPSA) is 27.3 Å². The molecule has 1 rings (SSSR count). The van der Waals surface area contributed by atoms with Crippen molar-refractivity contribution < 1.29 is 0 Å². The summed E-state index contributed by atoms with van der Waals surface area (Å²) in [5.74, 6) is 0. The maximum atomic E-state index is 5.01. The molecule has 1 saturated heterocycles. The van der Waals surface area contributed by atoms with Crippen LogP contribution >= 0.6 is 12.2 Å². The minimum atomic E-state index is 0.591.